The first-order chi connectivity index (χ1) is 13.1. The van der Waals surface area contributed by atoms with Crippen LogP contribution in [0.1, 0.15) is 31.1 Å². The number of benzene rings is 1. The van der Waals surface area contributed by atoms with Crippen LogP contribution < -0.4 is 0 Å². The van der Waals surface area contributed by atoms with Gasteiger partial charge in [0.05, 0.1) is 12.6 Å². The third-order valence-corrected chi connectivity index (χ3v) is 5.16. The van der Waals surface area contributed by atoms with Crippen molar-refractivity contribution in [1.82, 2.24) is 24.8 Å². The number of hydrogen-bond donors (Lipinski definition) is 0. The standard InChI is InChI=1S/C20H29N5O2/c1-4-18-21-19(27-22-18)15-23(3)16(2)20(26)25-12-10-24(11-13-25)14-17-8-6-5-7-9-17/h5-9,16H,4,10-15H2,1-3H3. The lowest BCUT2D eigenvalue weighted by Gasteiger charge is -2.37. The lowest BCUT2D eigenvalue weighted by atomic mass is 10.2. The number of hydrogen-bond acceptors (Lipinski definition) is 6. The number of rotatable bonds is 7. The molecule has 1 aliphatic heterocycles. The van der Waals surface area contributed by atoms with Crippen LogP contribution in [0.3, 0.4) is 0 Å². The van der Waals surface area contributed by atoms with Crippen LogP contribution in [0.25, 0.3) is 0 Å². The molecule has 0 N–H and O–H groups in total. The molecule has 1 aliphatic rings. The Morgan fingerprint density at radius 3 is 2.56 bits per heavy atom. The molecule has 2 aromatic rings. The van der Waals surface area contributed by atoms with E-state index in [0.29, 0.717) is 18.3 Å². The molecule has 146 valence electrons. The largest absolute Gasteiger partial charge is 0.339 e. The van der Waals surface area contributed by atoms with Crippen LogP contribution in [-0.4, -0.2) is 70.0 Å². The van der Waals surface area contributed by atoms with Gasteiger partial charge >= 0.3 is 0 Å². The maximum atomic E-state index is 12.9. The van der Waals surface area contributed by atoms with Gasteiger partial charge in [0.2, 0.25) is 11.8 Å². The number of carbonyl (C=O) groups is 1. The van der Waals surface area contributed by atoms with Gasteiger partial charge in [0, 0.05) is 39.1 Å². The van der Waals surface area contributed by atoms with Crippen molar-refractivity contribution in [3.8, 4) is 0 Å². The summed E-state index contributed by atoms with van der Waals surface area (Å²) in [4.78, 5) is 23.5. The molecule has 0 saturated carbocycles. The fourth-order valence-corrected chi connectivity index (χ4v) is 3.27. The first kappa shape index (κ1) is 19.5. The van der Waals surface area contributed by atoms with Gasteiger partial charge in [0.1, 0.15) is 0 Å². The van der Waals surface area contributed by atoms with E-state index >= 15 is 0 Å². The van der Waals surface area contributed by atoms with Gasteiger partial charge in [-0.25, -0.2) is 0 Å². The zero-order valence-corrected chi connectivity index (χ0v) is 16.5. The molecule has 1 saturated heterocycles. The minimum atomic E-state index is -0.220. The SMILES string of the molecule is CCc1noc(CN(C)C(C)C(=O)N2CCN(Cc3ccccc3)CC2)n1. The van der Waals surface area contributed by atoms with Gasteiger partial charge in [-0.1, -0.05) is 42.4 Å². The molecule has 3 rings (SSSR count). The summed E-state index contributed by atoms with van der Waals surface area (Å²) < 4.78 is 5.24. The third kappa shape index (κ3) is 5.14. The zero-order valence-electron chi connectivity index (χ0n) is 16.5. The van der Waals surface area contributed by atoms with E-state index in [-0.39, 0.29) is 11.9 Å². The second-order valence-electron chi connectivity index (χ2n) is 7.14. The van der Waals surface area contributed by atoms with Crippen LogP contribution in [0.5, 0.6) is 0 Å². The Morgan fingerprint density at radius 1 is 1.22 bits per heavy atom. The molecular weight excluding hydrogens is 342 g/mol. The van der Waals surface area contributed by atoms with E-state index in [4.69, 9.17) is 4.52 Å². The molecule has 1 fully saturated rings. The average Bonchev–Trinajstić information content (AvgIpc) is 3.16. The van der Waals surface area contributed by atoms with E-state index in [1.54, 1.807) is 0 Å². The lowest BCUT2D eigenvalue weighted by molar-refractivity contribution is -0.138. The quantitative estimate of drug-likeness (QED) is 0.739. The van der Waals surface area contributed by atoms with Crippen LogP contribution in [0.2, 0.25) is 0 Å². The maximum Gasteiger partial charge on any atom is 0.240 e. The molecule has 1 aromatic carbocycles. The minimum Gasteiger partial charge on any atom is -0.339 e. The second-order valence-corrected chi connectivity index (χ2v) is 7.14. The maximum absolute atomic E-state index is 12.9. The molecule has 1 aromatic heterocycles. The van der Waals surface area contributed by atoms with Gasteiger partial charge in [-0.15, -0.1) is 0 Å². The molecule has 1 unspecified atom stereocenters. The van der Waals surface area contributed by atoms with E-state index in [0.717, 1.165) is 39.1 Å². The Morgan fingerprint density at radius 2 is 1.93 bits per heavy atom. The summed E-state index contributed by atoms with van der Waals surface area (Å²) >= 11 is 0. The number of carbonyl (C=O) groups excluding carboxylic acids is 1. The van der Waals surface area contributed by atoms with Crippen molar-refractivity contribution < 1.29 is 9.32 Å². The molecule has 0 spiro atoms. The average molecular weight is 371 g/mol. The van der Waals surface area contributed by atoms with Gasteiger partial charge in [-0.05, 0) is 19.5 Å². The van der Waals surface area contributed by atoms with Gasteiger partial charge in [0.25, 0.3) is 0 Å². The number of amides is 1. The zero-order chi connectivity index (χ0) is 19.2. The topological polar surface area (TPSA) is 65.7 Å². The second kappa shape index (κ2) is 9.10. The predicted octanol–water partition coefficient (Wildman–Crippen LogP) is 1.80. The van der Waals surface area contributed by atoms with Crippen molar-refractivity contribution in [3.63, 3.8) is 0 Å². The van der Waals surface area contributed by atoms with Crippen LogP contribution in [0.15, 0.2) is 34.9 Å². The Hall–Kier alpha value is -2.25. The highest BCUT2D eigenvalue weighted by Crippen LogP contribution is 2.12. The van der Waals surface area contributed by atoms with Gasteiger partial charge < -0.3 is 9.42 Å². The van der Waals surface area contributed by atoms with E-state index in [9.17, 15) is 4.79 Å². The molecule has 2 heterocycles. The Bertz CT molecular complexity index is 725. The highest BCUT2D eigenvalue weighted by molar-refractivity contribution is 5.81. The molecule has 7 nitrogen and oxygen atoms in total. The number of likely N-dealkylation sites (N-methyl/N-ethyl adjacent to an activating group) is 1. The van der Waals surface area contributed by atoms with Crippen LogP contribution >= 0.6 is 0 Å². The molecule has 27 heavy (non-hydrogen) atoms. The third-order valence-electron chi connectivity index (χ3n) is 5.16. The molecule has 1 atom stereocenters. The van der Waals surface area contributed by atoms with E-state index in [2.05, 4.69) is 39.3 Å². The van der Waals surface area contributed by atoms with Crippen LogP contribution in [0.4, 0.5) is 0 Å². The summed E-state index contributed by atoms with van der Waals surface area (Å²) in [5.41, 5.74) is 1.32. The van der Waals surface area contributed by atoms with Crippen LogP contribution in [-0.2, 0) is 24.3 Å². The van der Waals surface area contributed by atoms with Gasteiger partial charge in [0.15, 0.2) is 5.82 Å². The summed E-state index contributed by atoms with van der Waals surface area (Å²) in [7, 11) is 1.92. The number of nitrogens with zero attached hydrogens (tertiary/aromatic N) is 5. The molecular formula is C20H29N5O2. The predicted molar refractivity (Wildman–Crippen MR) is 103 cm³/mol. The highest BCUT2D eigenvalue weighted by Gasteiger charge is 2.27. The first-order valence-electron chi connectivity index (χ1n) is 9.63. The minimum absolute atomic E-state index is 0.159. The Balaban J connectivity index is 1.47. The Labute approximate surface area is 160 Å². The molecule has 7 heteroatoms. The molecule has 0 aliphatic carbocycles. The summed E-state index contributed by atoms with van der Waals surface area (Å²) in [6.45, 7) is 8.69. The van der Waals surface area contributed by atoms with Crippen molar-refractivity contribution in [2.45, 2.75) is 39.4 Å². The van der Waals surface area contributed by atoms with E-state index < -0.39 is 0 Å². The number of aryl methyl sites for hydroxylation is 1. The van der Waals surface area contributed by atoms with E-state index in [1.165, 1.54) is 5.56 Å². The van der Waals surface area contributed by atoms with Crippen molar-refractivity contribution in [3.05, 3.63) is 47.6 Å². The molecule has 1 amide bonds. The van der Waals surface area contributed by atoms with Gasteiger partial charge in [-0.3, -0.25) is 14.6 Å². The highest BCUT2D eigenvalue weighted by atomic mass is 16.5. The van der Waals surface area contributed by atoms with Crippen molar-refractivity contribution >= 4 is 5.91 Å². The molecule has 0 bridgehead atoms. The lowest BCUT2D eigenvalue weighted by Crippen LogP contribution is -2.53. The summed E-state index contributed by atoms with van der Waals surface area (Å²) in [5.74, 6) is 1.42. The molecule has 0 radical (unpaired) electrons. The number of piperazine rings is 1. The summed E-state index contributed by atoms with van der Waals surface area (Å²) in [6.07, 6.45) is 0.745. The van der Waals surface area contributed by atoms with Crippen molar-refractivity contribution in [2.75, 3.05) is 33.2 Å². The normalized spacial score (nSPS) is 16.7. The Kier molecular flexibility index (Phi) is 6.58. The van der Waals surface area contributed by atoms with Gasteiger partial charge in [-0.2, -0.15) is 4.98 Å². The van der Waals surface area contributed by atoms with Crippen LogP contribution in [0, 0.1) is 0 Å². The smallest absolute Gasteiger partial charge is 0.240 e. The summed E-state index contributed by atoms with van der Waals surface area (Å²) in [6, 6.07) is 10.3. The monoisotopic (exact) mass is 371 g/mol. The number of aromatic nitrogens is 2. The van der Waals surface area contributed by atoms with E-state index in [1.807, 2.05) is 36.8 Å². The fraction of sp³-hybridized carbons (Fsp3) is 0.550. The first-order valence-corrected chi connectivity index (χ1v) is 9.63. The van der Waals surface area contributed by atoms with Crippen molar-refractivity contribution in [1.29, 1.82) is 0 Å². The summed E-state index contributed by atoms with van der Waals surface area (Å²) in [5, 5.41) is 3.91. The van der Waals surface area contributed by atoms with Crippen molar-refractivity contribution in [2.24, 2.45) is 0 Å². The fourth-order valence-electron chi connectivity index (χ4n) is 3.27.